The van der Waals surface area contributed by atoms with Crippen LogP contribution in [0.2, 0.25) is 0 Å². The van der Waals surface area contributed by atoms with E-state index >= 15 is 0 Å². The number of benzene rings is 2. The van der Waals surface area contributed by atoms with Gasteiger partial charge < -0.3 is 14.4 Å². The van der Waals surface area contributed by atoms with E-state index in [1.807, 2.05) is 31.2 Å². The first-order chi connectivity index (χ1) is 12.0. The van der Waals surface area contributed by atoms with Crippen molar-refractivity contribution >= 4 is 17.6 Å². The fourth-order valence-corrected chi connectivity index (χ4v) is 3.13. The maximum Gasteiger partial charge on any atom is 0.339 e. The van der Waals surface area contributed by atoms with Crippen LogP contribution in [0.3, 0.4) is 0 Å². The first-order valence-electron chi connectivity index (χ1n) is 8.27. The minimum atomic E-state index is -0.868. The Bertz CT molecular complexity index is 802. The van der Waals surface area contributed by atoms with Crippen molar-refractivity contribution in [2.75, 3.05) is 12.0 Å². The summed E-state index contributed by atoms with van der Waals surface area (Å²) in [6, 6.07) is 14.5. The molecule has 0 radical (unpaired) electrons. The Hall–Kier alpha value is -2.82. The summed E-state index contributed by atoms with van der Waals surface area (Å²) in [5.74, 6) is -0.191. The molecule has 130 valence electrons. The van der Waals surface area contributed by atoms with E-state index in [0.29, 0.717) is 11.3 Å². The zero-order chi connectivity index (χ0) is 18.0. The lowest BCUT2D eigenvalue weighted by Crippen LogP contribution is -2.43. The van der Waals surface area contributed by atoms with E-state index in [1.54, 1.807) is 36.1 Å². The molecule has 0 N–H and O–H groups in total. The summed E-state index contributed by atoms with van der Waals surface area (Å²) in [6.07, 6.45) is -0.0642. The maximum atomic E-state index is 12.8. The van der Waals surface area contributed by atoms with Gasteiger partial charge in [0.05, 0.1) is 12.7 Å². The van der Waals surface area contributed by atoms with Crippen LogP contribution in [0.5, 0.6) is 5.75 Å². The zero-order valence-electron chi connectivity index (χ0n) is 14.6. The van der Waals surface area contributed by atoms with Crippen LogP contribution in [-0.4, -0.2) is 31.1 Å². The standard InChI is InChI=1S/C20H21NO4/c1-13-11-15-7-4-5-10-18(15)21(13)19(22)14(2)25-20(23)16-8-6-9-17(12-16)24-3/h4-10,12-14H,11H2,1-3H3/t13-,14-/m0/s1. The molecule has 1 heterocycles. The molecule has 0 bridgehead atoms. The first kappa shape index (κ1) is 17.0. The van der Waals surface area contributed by atoms with Crippen molar-refractivity contribution in [2.45, 2.75) is 32.4 Å². The van der Waals surface area contributed by atoms with E-state index in [4.69, 9.17) is 9.47 Å². The number of carbonyl (C=O) groups excluding carboxylic acids is 2. The molecular weight excluding hydrogens is 318 g/mol. The summed E-state index contributed by atoms with van der Waals surface area (Å²) in [5.41, 5.74) is 2.38. The largest absolute Gasteiger partial charge is 0.497 e. The quantitative estimate of drug-likeness (QED) is 0.803. The number of hydrogen-bond donors (Lipinski definition) is 0. The zero-order valence-corrected chi connectivity index (χ0v) is 14.6. The molecule has 1 amide bonds. The number of carbonyl (C=O) groups is 2. The summed E-state index contributed by atoms with van der Waals surface area (Å²) >= 11 is 0. The molecule has 0 unspecified atom stereocenters. The van der Waals surface area contributed by atoms with Gasteiger partial charge in [0.2, 0.25) is 0 Å². The van der Waals surface area contributed by atoms with Gasteiger partial charge in [0.15, 0.2) is 6.10 Å². The number of methoxy groups -OCH3 is 1. The first-order valence-corrected chi connectivity index (χ1v) is 8.27. The third kappa shape index (κ3) is 3.36. The van der Waals surface area contributed by atoms with E-state index in [1.165, 1.54) is 7.11 Å². The molecule has 2 aromatic rings. The van der Waals surface area contributed by atoms with E-state index in [2.05, 4.69) is 0 Å². The summed E-state index contributed by atoms with van der Waals surface area (Å²) in [7, 11) is 1.53. The van der Waals surface area contributed by atoms with Crippen molar-refractivity contribution in [3.05, 3.63) is 59.7 Å². The number of anilines is 1. The number of fused-ring (bicyclic) bond motifs is 1. The average molecular weight is 339 g/mol. The predicted molar refractivity (Wildman–Crippen MR) is 95.0 cm³/mol. The Kier molecular flexibility index (Phi) is 4.74. The van der Waals surface area contributed by atoms with E-state index in [0.717, 1.165) is 17.7 Å². The van der Waals surface area contributed by atoms with Gasteiger partial charge in [0, 0.05) is 11.7 Å². The lowest BCUT2D eigenvalue weighted by Gasteiger charge is -2.26. The molecule has 0 aromatic heterocycles. The van der Waals surface area contributed by atoms with Gasteiger partial charge >= 0.3 is 5.97 Å². The van der Waals surface area contributed by atoms with Crippen molar-refractivity contribution in [1.29, 1.82) is 0 Å². The molecule has 25 heavy (non-hydrogen) atoms. The number of ether oxygens (including phenoxy) is 2. The van der Waals surface area contributed by atoms with Crippen LogP contribution < -0.4 is 9.64 Å². The van der Waals surface area contributed by atoms with Crippen molar-refractivity contribution in [3.63, 3.8) is 0 Å². The van der Waals surface area contributed by atoms with Crippen LogP contribution in [0.25, 0.3) is 0 Å². The van der Waals surface area contributed by atoms with Crippen LogP contribution >= 0.6 is 0 Å². The highest BCUT2D eigenvalue weighted by molar-refractivity contribution is 6.01. The molecule has 5 nitrogen and oxygen atoms in total. The highest BCUT2D eigenvalue weighted by Gasteiger charge is 2.34. The number of hydrogen-bond acceptors (Lipinski definition) is 4. The predicted octanol–water partition coefficient (Wildman–Crippen LogP) is 3.22. The second kappa shape index (κ2) is 6.97. The Labute approximate surface area is 147 Å². The van der Waals surface area contributed by atoms with Crippen molar-refractivity contribution < 1.29 is 19.1 Å². The van der Waals surface area contributed by atoms with Gasteiger partial charge in [0.25, 0.3) is 5.91 Å². The fourth-order valence-electron chi connectivity index (χ4n) is 3.13. The highest BCUT2D eigenvalue weighted by atomic mass is 16.5. The topological polar surface area (TPSA) is 55.8 Å². The highest BCUT2D eigenvalue weighted by Crippen LogP contribution is 2.32. The van der Waals surface area contributed by atoms with Gasteiger partial charge in [-0.3, -0.25) is 4.79 Å². The minimum Gasteiger partial charge on any atom is -0.497 e. The third-order valence-electron chi connectivity index (χ3n) is 4.38. The van der Waals surface area contributed by atoms with Gasteiger partial charge in [-0.05, 0) is 50.1 Å². The van der Waals surface area contributed by atoms with Gasteiger partial charge in [-0.25, -0.2) is 4.79 Å². The normalized spacial score (nSPS) is 16.9. The van der Waals surface area contributed by atoms with Crippen LogP contribution in [0, 0.1) is 0 Å². The molecule has 0 saturated carbocycles. The summed E-state index contributed by atoms with van der Waals surface area (Å²) in [6.45, 7) is 3.60. The fraction of sp³-hybridized carbons (Fsp3) is 0.300. The minimum absolute atomic E-state index is 0.0443. The Balaban J connectivity index is 1.73. The molecule has 0 spiro atoms. The third-order valence-corrected chi connectivity index (χ3v) is 4.38. The molecule has 3 rings (SSSR count). The van der Waals surface area contributed by atoms with Crippen molar-refractivity contribution in [2.24, 2.45) is 0 Å². The van der Waals surface area contributed by atoms with E-state index < -0.39 is 12.1 Å². The van der Waals surface area contributed by atoms with Crippen LogP contribution in [0.15, 0.2) is 48.5 Å². The summed E-state index contributed by atoms with van der Waals surface area (Å²) in [4.78, 5) is 26.9. The molecule has 0 fully saturated rings. The number of rotatable bonds is 4. The number of amides is 1. The Morgan fingerprint density at radius 2 is 1.92 bits per heavy atom. The van der Waals surface area contributed by atoms with Gasteiger partial charge in [-0.15, -0.1) is 0 Å². The summed E-state index contributed by atoms with van der Waals surface area (Å²) in [5, 5.41) is 0. The molecule has 0 aliphatic carbocycles. The molecule has 1 aliphatic rings. The lowest BCUT2D eigenvalue weighted by atomic mass is 10.1. The van der Waals surface area contributed by atoms with Crippen LogP contribution in [-0.2, 0) is 16.0 Å². The number of esters is 1. The number of para-hydroxylation sites is 1. The maximum absolute atomic E-state index is 12.8. The average Bonchev–Trinajstić information content (AvgIpc) is 2.96. The molecule has 5 heteroatoms. The van der Waals surface area contributed by atoms with Crippen LogP contribution in [0.4, 0.5) is 5.69 Å². The van der Waals surface area contributed by atoms with Crippen LogP contribution in [0.1, 0.15) is 29.8 Å². The SMILES string of the molecule is COc1cccc(C(=O)O[C@@H](C)C(=O)N2c3ccccc3C[C@@H]2C)c1. The molecule has 2 atom stereocenters. The molecule has 0 saturated heterocycles. The Morgan fingerprint density at radius 1 is 1.16 bits per heavy atom. The number of nitrogens with zero attached hydrogens (tertiary/aromatic N) is 1. The van der Waals surface area contributed by atoms with Gasteiger partial charge in [-0.1, -0.05) is 24.3 Å². The molecule has 2 aromatic carbocycles. The van der Waals surface area contributed by atoms with Gasteiger partial charge in [-0.2, -0.15) is 0 Å². The van der Waals surface area contributed by atoms with Gasteiger partial charge in [0.1, 0.15) is 5.75 Å². The molecule has 1 aliphatic heterocycles. The monoisotopic (exact) mass is 339 g/mol. The lowest BCUT2D eigenvalue weighted by molar-refractivity contribution is -0.126. The van der Waals surface area contributed by atoms with E-state index in [-0.39, 0.29) is 11.9 Å². The van der Waals surface area contributed by atoms with E-state index in [9.17, 15) is 9.59 Å². The van der Waals surface area contributed by atoms with Crippen molar-refractivity contribution in [1.82, 2.24) is 0 Å². The molecular formula is C20H21NO4. The summed E-state index contributed by atoms with van der Waals surface area (Å²) < 4.78 is 10.5. The second-order valence-electron chi connectivity index (χ2n) is 6.17. The smallest absolute Gasteiger partial charge is 0.339 e. The Morgan fingerprint density at radius 3 is 2.68 bits per heavy atom. The second-order valence-corrected chi connectivity index (χ2v) is 6.17. The van der Waals surface area contributed by atoms with Crippen molar-refractivity contribution in [3.8, 4) is 5.75 Å².